The van der Waals surface area contributed by atoms with Crippen LogP contribution in [0.25, 0.3) is 10.8 Å². The Bertz CT molecular complexity index is 491. The molecule has 0 saturated carbocycles. The maximum atomic E-state index is 5.81. The van der Waals surface area contributed by atoms with Crippen molar-refractivity contribution in [2.45, 2.75) is 12.7 Å². The Morgan fingerprint density at radius 1 is 1.06 bits per heavy atom. The van der Waals surface area contributed by atoms with Gasteiger partial charge in [-0.15, -0.1) is 12.4 Å². The van der Waals surface area contributed by atoms with Gasteiger partial charge in [0.25, 0.3) is 0 Å². The van der Waals surface area contributed by atoms with Gasteiger partial charge in [0.15, 0.2) is 0 Å². The molecule has 2 aromatic rings. The van der Waals surface area contributed by atoms with Crippen molar-refractivity contribution >= 4 is 23.2 Å². The van der Waals surface area contributed by atoms with Crippen molar-refractivity contribution in [1.29, 1.82) is 0 Å². The van der Waals surface area contributed by atoms with Crippen molar-refractivity contribution in [2.24, 2.45) is 0 Å². The molecule has 2 aromatic carbocycles. The van der Waals surface area contributed by atoms with Crippen LogP contribution in [0.1, 0.15) is 5.56 Å². The maximum Gasteiger partial charge on any atom is 0.0828 e. The average Bonchev–Trinajstić information content (AvgIpc) is 2.27. The molecule has 90 valence electrons. The Hall–Kier alpha value is -1.09. The van der Waals surface area contributed by atoms with Crippen molar-refractivity contribution in [1.82, 2.24) is 5.32 Å². The van der Waals surface area contributed by atoms with Gasteiger partial charge < -0.3 is 10.1 Å². The minimum atomic E-state index is 0. The molecule has 0 aromatic heterocycles. The number of ether oxygens (including phenoxy) is 1. The largest absolute Gasteiger partial charge is 0.371 e. The molecule has 0 atom stereocenters. The maximum absolute atomic E-state index is 5.81. The van der Waals surface area contributed by atoms with E-state index in [0.717, 1.165) is 13.1 Å². The van der Waals surface area contributed by atoms with Crippen molar-refractivity contribution in [3.63, 3.8) is 0 Å². The number of rotatable bonds is 3. The van der Waals surface area contributed by atoms with E-state index in [4.69, 9.17) is 4.74 Å². The summed E-state index contributed by atoms with van der Waals surface area (Å²) in [5, 5.41) is 5.80. The zero-order valence-corrected chi connectivity index (χ0v) is 10.4. The quantitative estimate of drug-likeness (QED) is 0.903. The summed E-state index contributed by atoms with van der Waals surface area (Å²) in [4.78, 5) is 0. The summed E-state index contributed by atoms with van der Waals surface area (Å²) in [6.45, 7) is 2.70. The summed E-state index contributed by atoms with van der Waals surface area (Å²) in [6, 6.07) is 14.8. The van der Waals surface area contributed by atoms with E-state index in [2.05, 4.69) is 47.8 Å². The van der Waals surface area contributed by atoms with Crippen LogP contribution in [0.15, 0.2) is 42.5 Å². The summed E-state index contributed by atoms with van der Waals surface area (Å²) in [5.74, 6) is 0. The van der Waals surface area contributed by atoms with Crippen molar-refractivity contribution in [2.75, 3.05) is 13.1 Å². The van der Waals surface area contributed by atoms with Crippen LogP contribution in [-0.4, -0.2) is 19.2 Å². The average molecular weight is 250 g/mol. The number of nitrogens with one attached hydrogen (secondary N) is 1. The molecular formula is C14H16ClNO. The molecule has 1 saturated heterocycles. The monoisotopic (exact) mass is 249 g/mol. The number of hydrogen-bond acceptors (Lipinski definition) is 2. The number of benzene rings is 2. The molecule has 1 aliphatic rings. The van der Waals surface area contributed by atoms with Gasteiger partial charge in [-0.05, 0) is 16.3 Å². The third-order valence-electron chi connectivity index (χ3n) is 3.10. The normalized spacial score (nSPS) is 15.3. The van der Waals surface area contributed by atoms with Gasteiger partial charge in [-0.25, -0.2) is 0 Å². The van der Waals surface area contributed by atoms with Crippen LogP contribution in [0.4, 0.5) is 0 Å². The lowest BCUT2D eigenvalue weighted by Gasteiger charge is -2.27. The Morgan fingerprint density at radius 2 is 1.82 bits per heavy atom. The smallest absolute Gasteiger partial charge is 0.0828 e. The molecule has 0 spiro atoms. The van der Waals surface area contributed by atoms with E-state index >= 15 is 0 Å². The standard InChI is InChI=1S/C14H15NO.ClH/c1-2-7-14-11(4-1)5-3-6-12(14)10-16-13-8-15-9-13;/h1-7,13,15H,8-10H2;1H. The molecule has 0 aliphatic carbocycles. The molecule has 0 radical (unpaired) electrons. The second-order valence-corrected chi connectivity index (χ2v) is 4.23. The first kappa shape index (κ1) is 12.4. The van der Waals surface area contributed by atoms with E-state index in [1.807, 2.05) is 0 Å². The molecule has 3 rings (SSSR count). The highest BCUT2D eigenvalue weighted by Crippen LogP contribution is 2.19. The van der Waals surface area contributed by atoms with E-state index in [0.29, 0.717) is 12.7 Å². The van der Waals surface area contributed by atoms with Gasteiger partial charge in [-0.1, -0.05) is 42.5 Å². The molecule has 1 fully saturated rings. The van der Waals surface area contributed by atoms with Crippen LogP contribution >= 0.6 is 12.4 Å². The molecule has 1 aliphatic heterocycles. The van der Waals surface area contributed by atoms with Crippen LogP contribution in [-0.2, 0) is 11.3 Å². The molecule has 1 N–H and O–H groups in total. The molecule has 0 unspecified atom stereocenters. The van der Waals surface area contributed by atoms with E-state index in [-0.39, 0.29) is 12.4 Å². The van der Waals surface area contributed by atoms with Crippen LogP contribution < -0.4 is 5.32 Å². The summed E-state index contributed by atoms with van der Waals surface area (Å²) in [7, 11) is 0. The Labute approximate surface area is 107 Å². The SMILES string of the molecule is Cl.c1ccc2c(COC3CNC3)cccc2c1. The summed E-state index contributed by atoms with van der Waals surface area (Å²) < 4.78 is 5.81. The van der Waals surface area contributed by atoms with Gasteiger partial charge in [0, 0.05) is 13.1 Å². The fraction of sp³-hybridized carbons (Fsp3) is 0.286. The van der Waals surface area contributed by atoms with Gasteiger partial charge in [0.1, 0.15) is 0 Å². The van der Waals surface area contributed by atoms with Gasteiger partial charge in [-0.2, -0.15) is 0 Å². The second kappa shape index (κ2) is 5.50. The highest BCUT2D eigenvalue weighted by atomic mass is 35.5. The topological polar surface area (TPSA) is 21.3 Å². The fourth-order valence-electron chi connectivity index (χ4n) is 2.01. The third-order valence-corrected chi connectivity index (χ3v) is 3.10. The first-order valence-corrected chi connectivity index (χ1v) is 5.72. The van der Waals surface area contributed by atoms with Gasteiger partial charge >= 0.3 is 0 Å². The number of halogens is 1. The Kier molecular flexibility index (Phi) is 4.00. The predicted molar refractivity (Wildman–Crippen MR) is 72.6 cm³/mol. The lowest BCUT2D eigenvalue weighted by Crippen LogP contribution is -2.48. The van der Waals surface area contributed by atoms with E-state index < -0.39 is 0 Å². The summed E-state index contributed by atoms with van der Waals surface area (Å²) in [6.07, 6.45) is 0.402. The molecule has 1 heterocycles. The van der Waals surface area contributed by atoms with Gasteiger partial charge in [0.2, 0.25) is 0 Å². The minimum absolute atomic E-state index is 0. The number of hydrogen-bond donors (Lipinski definition) is 1. The zero-order valence-electron chi connectivity index (χ0n) is 9.56. The molecule has 17 heavy (non-hydrogen) atoms. The first-order valence-electron chi connectivity index (χ1n) is 5.72. The minimum Gasteiger partial charge on any atom is -0.371 e. The number of fused-ring (bicyclic) bond motifs is 1. The van der Waals surface area contributed by atoms with Crippen LogP contribution in [0, 0.1) is 0 Å². The van der Waals surface area contributed by atoms with Crippen molar-refractivity contribution in [3.8, 4) is 0 Å². The first-order chi connectivity index (χ1) is 7.93. The predicted octanol–water partition coefficient (Wildman–Crippen LogP) is 2.75. The third kappa shape index (κ3) is 2.60. The molecule has 0 bridgehead atoms. The molecule has 2 nitrogen and oxygen atoms in total. The highest BCUT2D eigenvalue weighted by molar-refractivity contribution is 5.85. The summed E-state index contributed by atoms with van der Waals surface area (Å²) in [5.41, 5.74) is 1.28. The Balaban J connectivity index is 0.00000108. The van der Waals surface area contributed by atoms with Gasteiger partial charge in [0.05, 0.1) is 12.7 Å². The second-order valence-electron chi connectivity index (χ2n) is 4.23. The van der Waals surface area contributed by atoms with E-state index in [9.17, 15) is 0 Å². The van der Waals surface area contributed by atoms with Gasteiger partial charge in [-0.3, -0.25) is 0 Å². The van der Waals surface area contributed by atoms with Crippen molar-refractivity contribution < 1.29 is 4.74 Å². The van der Waals surface area contributed by atoms with Crippen LogP contribution in [0.2, 0.25) is 0 Å². The van der Waals surface area contributed by atoms with Crippen molar-refractivity contribution in [3.05, 3.63) is 48.0 Å². The highest BCUT2D eigenvalue weighted by Gasteiger charge is 2.16. The zero-order chi connectivity index (χ0) is 10.8. The van der Waals surface area contributed by atoms with Crippen LogP contribution in [0.3, 0.4) is 0 Å². The van der Waals surface area contributed by atoms with Crippen LogP contribution in [0.5, 0.6) is 0 Å². The Morgan fingerprint density at radius 3 is 2.59 bits per heavy atom. The van der Waals surface area contributed by atoms with E-state index in [1.165, 1.54) is 16.3 Å². The molecule has 3 heteroatoms. The molecular weight excluding hydrogens is 234 g/mol. The van der Waals surface area contributed by atoms with E-state index in [1.54, 1.807) is 0 Å². The molecule has 0 amide bonds. The lowest BCUT2D eigenvalue weighted by molar-refractivity contribution is 0.00811. The summed E-state index contributed by atoms with van der Waals surface area (Å²) >= 11 is 0. The fourth-order valence-corrected chi connectivity index (χ4v) is 2.01. The lowest BCUT2D eigenvalue weighted by atomic mass is 10.1.